The zero-order valence-corrected chi connectivity index (χ0v) is 28.8. The van der Waals surface area contributed by atoms with Crippen LogP contribution in [0.4, 0.5) is 17.1 Å². The van der Waals surface area contributed by atoms with Crippen LogP contribution in [0.1, 0.15) is 28.7 Å². The number of aryl methyl sites for hydroxylation is 1. The van der Waals surface area contributed by atoms with Crippen LogP contribution >= 0.6 is 0 Å². The summed E-state index contributed by atoms with van der Waals surface area (Å²) >= 11 is 0. The monoisotopic (exact) mass is 664 g/mol. The molecule has 0 radical (unpaired) electrons. The molecule has 0 amide bonds. The van der Waals surface area contributed by atoms with Gasteiger partial charge in [-0.25, -0.2) is 0 Å². The van der Waals surface area contributed by atoms with Gasteiger partial charge >= 0.3 is 0 Å². The quantitative estimate of drug-likeness (QED) is 0.127. The molecule has 0 saturated heterocycles. The molecule has 10 rings (SSSR count). The molecule has 52 heavy (non-hydrogen) atoms. The number of hydrogen-bond donors (Lipinski definition) is 0. The van der Waals surface area contributed by atoms with Crippen LogP contribution in [0.2, 0.25) is 0 Å². The van der Waals surface area contributed by atoms with Gasteiger partial charge in [0, 0.05) is 33.5 Å². The molecule has 0 bridgehead atoms. The summed E-state index contributed by atoms with van der Waals surface area (Å²) < 4.78 is 2.37. The van der Waals surface area contributed by atoms with Crippen LogP contribution < -0.4 is 4.90 Å². The van der Waals surface area contributed by atoms with Gasteiger partial charge in [-0.3, -0.25) is 0 Å². The third kappa shape index (κ3) is 5.11. The molecular weight excluding hydrogens is 629 g/mol. The smallest absolute Gasteiger partial charge is 0.0542 e. The first kappa shape index (κ1) is 30.2. The second-order valence-electron chi connectivity index (χ2n) is 13.7. The van der Waals surface area contributed by atoms with Gasteiger partial charge in [0.15, 0.2) is 0 Å². The Kier molecular flexibility index (Phi) is 7.32. The van der Waals surface area contributed by atoms with Crippen molar-refractivity contribution in [1.82, 2.24) is 4.57 Å². The Hall–Kier alpha value is -6.64. The number of aromatic nitrogens is 1. The molecule has 8 aromatic carbocycles. The Morgan fingerprint density at radius 3 is 2.04 bits per heavy atom. The van der Waals surface area contributed by atoms with Crippen LogP contribution in [0.15, 0.2) is 176 Å². The summed E-state index contributed by atoms with van der Waals surface area (Å²) in [7, 11) is 0. The van der Waals surface area contributed by atoms with E-state index in [-0.39, 0.29) is 0 Å². The molecule has 0 saturated carbocycles. The van der Waals surface area contributed by atoms with Crippen molar-refractivity contribution in [3.05, 3.63) is 198 Å². The van der Waals surface area contributed by atoms with Crippen molar-refractivity contribution in [2.45, 2.75) is 12.8 Å². The van der Waals surface area contributed by atoms with Crippen molar-refractivity contribution in [3.63, 3.8) is 0 Å². The van der Waals surface area contributed by atoms with Gasteiger partial charge in [0.25, 0.3) is 0 Å². The maximum Gasteiger partial charge on any atom is 0.0542 e. The number of benzene rings is 8. The minimum atomic E-state index is 1.09. The highest BCUT2D eigenvalue weighted by Gasteiger charge is 2.18. The van der Waals surface area contributed by atoms with Crippen LogP contribution in [0.25, 0.3) is 67.3 Å². The number of para-hydroxylation sites is 3. The van der Waals surface area contributed by atoms with Crippen LogP contribution in [0.5, 0.6) is 0 Å². The molecule has 0 atom stereocenters. The average molecular weight is 665 g/mol. The van der Waals surface area contributed by atoms with E-state index < -0.39 is 0 Å². The number of rotatable bonds is 6. The molecule has 1 aliphatic rings. The van der Waals surface area contributed by atoms with E-state index in [1.165, 1.54) is 71.3 Å². The van der Waals surface area contributed by atoms with Gasteiger partial charge in [0.2, 0.25) is 0 Å². The first-order valence-corrected chi connectivity index (χ1v) is 18.2. The topological polar surface area (TPSA) is 8.17 Å². The predicted octanol–water partition coefficient (Wildman–Crippen LogP) is 13.7. The van der Waals surface area contributed by atoms with E-state index in [1.807, 2.05) is 0 Å². The fraction of sp³-hybridized carbons (Fsp3) is 0.0400. The maximum absolute atomic E-state index is 2.37. The van der Waals surface area contributed by atoms with Gasteiger partial charge in [0.1, 0.15) is 0 Å². The van der Waals surface area contributed by atoms with E-state index in [9.17, 15) is 0 Å². The largest absolute Gasteiger partial charge is 0.310 e. The minimum absolute atomic E-state index is 1.09. The number of nitrogens with zero attached hydrogens (tertiary/aromatic N) is 2. The van der Waals surface area contributed by atoms with Crippen LogP contribution in [-0.2, 0) is 6.42 Å². The number of fused-ring (bicyclic) bond motifs is 8. The zero-order chi connectivity index (χ0) is 34.4. The van der Waals surface area contributed by atoms with Gasteiger partial charge < -0.3 is 9.47 Å². The van der Waals surface area contributed by atoms with E-state index in [1.54, 1.807) is 0 Å². The van der Waals surface area contributed by atoms with E-state index >= 15 is 0 Å². The molecule has 1 aliphatic carbocycles. The highest BCUT2D eigenvalue weighted by molar-refractivity contribution is 6.14. The lowest BCUT2D eigenvalue weighted by Crippen LogP contribution is -2.09. The van der Waals surface area contributed by atoms with Crippen molar-refractivity contribution in [3.8, 4) is 5.69 Å². The predicted molar refractivity (Wildman–Crippen MR) is 223 cm³/mol. The summed E-state index contributed by atoms with van der Waals surface area (Å²) in [5, 5.41) is 7.83. The molecule has 246 valence electrons. The molecular formula is C50H36N2. The van der Waals surface area contributed by atoms with Gasteiger partial charge in [-0.05, 0) is 117 Å². The Balaban J connectivity index is 1.05. The molecule has 2 nitrogen and oxygen atoms in total. The Morgan fingerprint density at radius 2 is 1.19 bits per heavy atom. The van der Waals surface area contributed by atoms with Crippen molar-refractivity contribution in [1.29, 1.82) is 0 Å². The molecule has 1 aromatic heterocycles. The number of anilines is 3. The number of hydrogen-bond acceptors (Lipinski definition) is 1. The van der Waals surface area contributed by atoms with E-state index in [2.05, 4.69) is 204 Å². The third-order valence-electron chi connectivity index (χ3n) is 10.6. The SMILES string of the molecule is C1=Cc2ccc3ccc4cccc(C=Cc5ccc(N(c6ccccc6)c6ccc7c(c6)c6ccccc6n7-c6ccccc6)cc5)c4c3c2CC1. The second-order valence-corrected chi connectivity index (χ2v) is 13.7. The Bertz CT molecular complexity index is 2820. The highest BCUT2D eigenvalue weighted by Crippen LogP contribution is 2.40. The lowest BCUT2D eigenvalue weighted by molar-refractivity contribution is 0.998. The first-order chi connectivity index (χ1) is 25.8. The molecule has 9 aromatic rings. The summed E-state index contributed by atoms with van der Waals surface area (Å²) in [5.74, 6) is 0. The van der Waals surface area contributed by atoms with Crippen molar-refractivity contribution >= 4 is 78.6 Å². The van der Waals surface area contributed by atoms with E-state index in [0.29, 0.717) is 0 Å². The minimum Gasteiger partial charge on any atom is -0.310 e. The molecule has 0 spiro atoms. The van der Waals surface area contributed by atoms with Gasteiger partial charge in [-0.2, -0.15) is 0 Å². The molecule has 2 heteroatoms. The maximum atomic E-state index is 2.37. The van der Waals surface area contributed by atoms with Crippen LogP contribution in [-0.4, -0.2) is 4.57 Å². The molecule has 0 fully saturated rings. The lowest BCUT2D eigenvalue weighted by Gasteiger charge is -2.25. The van der Waals surface area contributed by atoms with Crippen molar-refractivity contribution in [2.24, 2.45) is 0 Å². The van der Waals surface area contributed by atoms with E-state index in [0.717, 1.165) is 29.9 Å². The first-order valence-electron chi connectivity index (χ1n) is 18.2. The molecule has 1 heterocycles. The normalized spacial score (nSPS) is 12.7. The average Bonchev–Trinajstić information content (AvgIpc) is 3.55. The van der Waals surface area contributed by atoms with Crippen LogP contribution in [0.3, 0.4) is 0 Å². The summed E-state index contributed by atoms with van der Waals surface area (Å²) in [5.41, 5.74) is 12.2. The molecule has 0 aliphatic heterocycles. The second kappa shape index (κ2) is 12.6. The van der Waals surface area contributed by atoms with Crippen molar-refractivity contribution in [2.75, 3.05) is 4.90 Å². The van der Waals surface area contributed by atoms with E-state index in [4.69, 9.17) is 0 Å². The highest BCUT2D eigenvalue weighted by atomic mass is 15.1. The molecule has 0 unspecified atom stereocenters. The summed E-state index contributed by atoms with van der Waals surface area (Å²) in [6.45, 7) is 0. The summed E-state index contributed by atoms with van der Waals surface area (Å²) in [6.07, 6.45) is 11.3. The lowest BCUT2D eigenvalue weighted by atomic mass is 9.87. The van der Waals surface area contributed by atoms with Crippen LogP contribution in [0, 0.1) is 0 Å². The number of allylic oxidation sites excluding steroid dienone is 1. The van der Waals surface area contributed by atoms with Gasteiger partial charge in [-0.1, -0.05) is 133 Å². The zero-order valence-electron chi connectivity index (χ0n) is 28.8. The third-order valence-corrected chi connectivity index (χ3v) is 10.6. The Morgan fingerprint density at radius 1 is 0.500 bits per heavy atom. The van der Waals surface area contributed by atoms with Crippen molar-refractivity contribution < 1.29 is 0 Å². The molecule has 0 N–H and O–H groups in total. The Labute approximate surface area is 303 Å². The van der Waals surface area contributed by atoms with Gasteiger partial charge in [-0.15, -0.1) is 0 Å². The van der Waals surface area contributed by atoms with Gasteiger partial charge in [0.05, 0.1) is 11.0 Å². The summed E-state index contributed by atoms with van der Waals surface area (Å²) in [4.78, 5) is 2.36. The standard InChI is InChI=1S/C50H36N2/c1-3-15-40(16-4-1)51(43-32-33-48-46(34-43)45-20-9-10-21-47(45)52(48)41-17-5-2-6-18-41)42-30-23-35(24-31-42)22-25-37-13-11-14-38-28-29-39-27-26-36-12-7-8-19-44(36)50(39)49(37)38/h1-7,9-18,20-34H,8,19H2. The fourth-order valence-electron chi connectivity index (χ4n) is 8.21. The fourth-order valence-corrected chi connectivity index (χ4v) is 8.21. The summed E-state index contributed by atoms with van der Waals surface area (Å²) in [6, 6.07) is 61.6.